The number of hydrogen-bond donors (Lipinski definition) is 2. The molecule has 2 N–H and O–H groups in total. The van der Waals surface area contributed by atoms with Gasteiger partial charge in [-0.25, -0.2) is 4.39 Å². The molecule has 1 aliphatic rings. The molecule has 1 fully saturated rings. The molecule has 56 valence electrons. The van der Waals surface area contributed by atoms with E-state index in [0.29, 0.717) is 13.0 Å². The second-order valence-electron chi connectivity index (χ2n) is 2.12. The molecule has 0 radical (unpaired) electrons. The largest absolute Gasteiger partial charge is 0.395 e. The maximum atomic E-state index is 12.2. The first-order valence-corrected chi connectivity index (χ1v) is 2.81. The van der Waals surface area contributed by atoms with E-state index >= 15 is 0 Å². The molecule has 0 aromatic heterocycles. The SMILES string of the molecule is Cl.OC[C@@H]1C[C@H](F)CN1. The molecule has 9 heavy (non-hydrogen) atoms. The summed E-state index contributed by atoms with van der Waals surface area (Å²) in [5.41, 5.74) is 0. The number of rotatable bonds is 1. The minimum absolute atomic E-state index is 0. The van der Waals surface area contributed by atoms with Crippen molar-refractivity contribution >= 4 is 12.4 Å². The highest BCUT2D eigenvalue weighted by molar-refractivity contribution is 5.85. The standard InChI is InChI=1S/C5H10FNO.ClH/c6-4-1-5(3-8)7-2-4;/h4-5,7-8H,1-3H2;1H/t4-,5-;/m0./s1. The minimum Gasteiger partial charge on any atom is -0.395 e. The van der Waals surface area contributed by atoms with E-state index in [4.69, 9.17) is 5.11 Å². The van der Waals surface area contributed by atoms with Gasteiger partial charge in [0.25, 0.3) is 0 Å². The van der Waals surface area contributed by atoms with E-state index in [1.54, 1.807) is 0 Å². The number of alkyl halides is 1. The van der Waals surface area contributed by atoms with E-state index in [-0.39, 0.29) is 25.1 Å². The van der Waals surface area contributed by atoms with E-state index in [1.807, 2.05) is 0 Å². The van der Waals surface area contributed by atoms with E-state index in [1.165, 1.54) is 0 Å². The Labute approximate surface area is 59.9 Å². The first-order chi connectivity index (χ1) is 3.83. The lowest BCUT2D eigenvalue weighted by Crippen LogP contribution is -2.24. The molecule has 0 aromatic rings. The van der Waals surface area contributed by atoms with Gasteiger partial charge in [-0.1, -0.05) is 0 Å². The van der Waals surface area contributed by atoms with Gasteiger partial charge in [-0.2, -0.15) is 0 Å². The summed E-state index contributed by atoms with van der Waals surface area (Å²) in [4.78, 5) is 0. The number of halogens is 2. The summed E-state index contributed by atoms with van der Waals surface area (Å²) in [6.45, 7) is 0.464. The van der Waals surface area contributed by atoms with Gasteiger partial charge in [0.2, 0.25) is 0 Å². The lowest BCUT2D eigenvalue weighted by Gasteiger charge is -2.01. The Bertz CT molecular complexity index is 83.4. The van der Waals surface area contributed by atoms with Gasteiger partial charge in [0, 0.05) is 12.6 Å². The molecule has 0 bridgehead atoms. The van der Waals surface area contributed by atoms with Crippen molar-refractivity contribution in [2.24, 2.45) is 0 Å². The van der Waals surface area contributed by atoms with Crippen molar-refractivity contribution in [2.45, 2.75) is 18.6 Å². The van der Waals surface area contributed by atoms with E-state index < -0.39 is 6.17 Å². The minimum atomic E-state index is -0.743. The fourth-order valence-electron chi connectivity index (χ4n) is 0.909. The molecule has 0 spiro atoms. The predicted molar refractivity (Wildman–Crippen MR) is 35.6 cm³/mol. The fourth-order valence-corrected chi connectivity index (χ4v) is 0.909. The molecule has 0 saturated carbocycles. The van der Waals surface area contributed by atoms with Gasteiger partial charge in [-0.3, -0.25) is 0 Å². The first kappa shape index (κ1) is 9.14. The quantitative estimate of drug-likeness (QED) is 0.563. The summed E-state index contributed by atoms with van der Waals surface area (Å²) < 4.78 is 12.2. The third-order valence-corrected chi connectivity index (χ3v) is 1.39. The molecule has 1 saturated heterocycles. The van der Waals surface area contributed by atoms with Crippen molar-refractivity contribution in [1.29, 1.82) is 0 Å². The zero-order valence-electron chi connectivity index (χ0n) is 5.01. The van der Waals surface area contributed by atoms with E-state index in [2.05, 4.69) is 5.32 Å². The molecule has 1 aliphatic heterocycles. The molecule has 2 nitrogen and oxygen atoms in total. The number of nitrogens with one attached hydrogen (secondary N) is 1. The molecule has 2 atom stereocenters. The predicted octanol–water partition coefficient (Wildman–Crippen LogP) is 0.100. The van der Waals surface area contributed by atoms with Crippen molar-refractivity contribution in [3.8, 4) is 0 Å². The lowest BCUT2D eigenvalue weighted by atomic mass is 10.2. The van der Waals surface area contributed by atoms with Crippen molar-refractivity contribution in [3.63, 3.8) is 0 Å². The molecule has 1 rings (SSSR count). The van der Waals surface area contributed by atoms with Crippen LogP contribution in [0.15, 0.2) is 0 Å². The Hall–Kier alpha value is 0.140. The zero-order valence-corrected chi connectivity index (χ0v) is 5.83. The molecule has 0 aromatic carbocycles. The van der Waals surface area contributed by atoms with Gasteiger partial charge in [0.1, 0.15) is 6.17 Å². The van der Waals surface area contributed by atoms with Crippen molar-refractivity contribution in [1.82, 2.24) is 5.32 Å². The Morgan fingerprint density at radius 1 is 1.67 bits per heavy atom. The van der Waals surface area contributed by atoms with Crippen molar-refractivity contribution in [3.05, 3.63) is 0 Å². The number of aliphatic hydroxyl groups is 1. The summed E-state index contributed by atoms with van der Waals surface area (Å²) >= 11 is 0. The van der Waals surface area contributed by atoms with Crippen LogP contribution in [-0.4, -0.2) is 30.5 Å². The Balaban J connectivity index is 0.000000640. The maximum Gasteiger partial charge on any atom is 0.114 e. The number of hydrogen-bond acceptors (Lipinski definition) is 2. The van der Waals surface area contributed by atoms with Crippen LogP contribution >= 0.6 is 12.4 Å². The third-order valence-electron chi connectivity index (χ3n) is 1.39. The van der Waals surface area contributed by atoms with Crippen LogP contribution in [0.3, 0.4) is 0 Å². The van der Waals surface area contributed by atoms with Crippen molar-refractivity contribution < 1.29 is 9.50 Å². The average molecular weight is 156 g/mol. The summed E-state index contributed by atoms with van der Waals surface area (Å²) in [5, 5.41) is 11.3. The third kappa shape index (κ3) is 2.47. The Kier molecular flexibility index (Phi) is 4.10. The van der Waals surface area contributed by atoms with Crippen LogP contribution < -0.4 is 5.32 Å². The molecule has 0 unspecified atom stereocenters. The van der Waals surface area contributed by atoms with Crippen LogP contribution in [0, 0.1) is 0 Å². The fraction of sp³-hybridized carbons (Fsp3) is 1.00. The van der Waals surface area contributed by atoms with Gasteiger partial charge in [0.15, 0.2) is 0 Å². The van der Waals surface area contributed by atoms with Crippen LogP contribution in [0.1, 0.15) is 6.42 Å². The normalized spacial score (nSPS) is 34.0. The highest BCUT2D eigenvalue weighted by Crippen LogP contribution is 2.08. The first-order valence-electron chi connectivity index (χ1n) is 2.81. The smallest absolute Gasteiger partial charge is 0.114 e. The van der Waals surface area contributed by atoms with Crippen LogP contribution in [0.2, 0.25) is 0 Å². The summed E-state index contributed by atoms with van der Waals surface area (Å²) in [6.07, 6.45) is -0.275. The summed E-state index contributed by atoms with van der Waals surface area (Å²) in [7, 11) is 0. The average Bonchev–Trinajstić information content (AvgIpc) is 2.14. The molecular weight excluding hydrogens is 145 g/mol. The Morgan fingerprint density at radius 2 is 2.33 bits per heavy atom. The van der Waals surface area contributed by atoms with Crippen molar-refractivity contribution in [2.75, 3.05) is 13.2 Å². The van der Waals surface area contributed by atoms with E-state index in [9.17, 15) is 4.39 Å². The van der Waals surface area contributed by atoms with Gasteiger partial charge in [-0.05, 0) is 6.42 Å². The van der Waals surface area contributed by atoms with Crippen LogP contribution in [-0.2, 0) is 0 Å². The lowest BCUT2D eigenvalue weighted by molar-refractivity contribution is 0.248. The van der Waals surface area contributed by atoms with Gasteiger partial charge in [0.05, 0.1) is 6.61 Å². The van der Waals surface area contributed by atoms with Gasteiger partial charge < -0.3 is 10.4 Å². The Morgan fingerprint density at radius 3 is 2.56 bits per heavy atom. The summed E-state index contributed by atoms with van der Waals surface area (Å²) in [5.74, 6) is 0. The topological polar surface area (TPSA) is 32.3 Å². The maximum absolute atomic E-state index is 12.2. The van der Waals surface area contributed by atoms with E-state index in [0.717, 1.165) is 0 Å². The highest BCUT2D eigenvalue weighted by Gasteiger charge is 2.21. The van der Waals surface area contributed by atoms with Crippen LogP contribution in [0.4, 0.5) is 4.39 Å². The number of aliphatic hydroxyl groups excluding tert-OH is 1. The van der Waals surface area contributed by atoms with Gasteiger partial charge in [-0.15, -0.1) is 12.4 Å². The second kappa shape index (κ2) is 4.04. The van der Waals surface area contributed by atoms with Gasteiger partial charge >= 0.3 is 0 Å². The second-order valence-corrected chi connectivity index (χ2v) is 2.12. The monoisotopic (exact) mass is 155 g/mol. The molecule has 4 heteroatoms. The zero-order chi connectivity index (χ0) is 5.98. The molecule has 0 amide bonds. The highest BCUT2D eigenvalue weighted by atomic mass is 35.5. The van der Waals surface area contributed by atoms with Crippen LogP contribution in [0.25, 0.3) is 0 Å². The molecule has 1 heterocycles. The van der Waals surface area contributed by atoms with Crippen LogP contribution in [0.5, 0.6) is 0 Å². The summed E-state index contributed by atoms with van der Waals surface area (Å²) in [6, 6.07) is 0.00463. The molecular formula is C5H11ClFNO. The molecule has 0 aliphatic carbocycles.